The minimum Gasteiger partial charge on any atom is -0.497 e. The Labute approximate surface area is 142 Å². The molecule has 1 aromatic carbocycles. The fourth-order valence-corrected chi connectivity index (χ4v) is 2.21. The molecule has 0 bridgehead atoms. The molecule has 7 nitrogen and oxygen atoms in total. The minimum atomic E-state index is -0.673. The average Bonchev–Trinajstić information content (AvgIpc) is 2.57. The number of nitrogens with one attached hydrogen (secondary N) is 2. The van der Waals surface area contributed by atoms with Crippen LogP contribution < -0.4 is 20.1 Å². The van der Waals surface area contributed by atoms with Gasteiger partial charge in [0, 0.05) is 18.2 Å². The number of carbonyl (C=O) groups excluding carboxylic acids is 2. The standard InChI is InChI=1S/C17H26N2O5/c1-11(2)8-14(16(20)24-5)19-17(21)18-10-12-6-7-13(22-3)9-15(12)23-4/h6-7,9,11,14H,8,10H2,1-5H3,(H2,18,19,21). The summed E-state index contributed by atoms with van der Waals surface area (Å²) >= 11 is 0. The summed E-state index contributed by atoms with van der Waals surface area (Å²) in [4.78, 5) is 23.8. The molecule has 1 atom stereocenters. The Morgan fingerprint density at radius 2 is 1.83 bits per heavy atom. The van der Waals surface area contributed by atoms with Crippen LogP contribution in [-0.4, -0.2) is 39.4 Å². The lowest BCUT2D eigenvalue weighted by atomic mass is 10.0. The van der Waals surface area contributed by atoms with E-state index in [1.807, 2.05) is 19.9 Å². The van der Waals surface area contributed by atoms with E-state index in [1.165, 1.54) is 7.11 Å². The molecule has 0 saturated carbocycles. The predicted octanol–water partition coefficient (Wildman–Crippen LogP) is 2.09. The number of urea groups is 1. The molecular weight excluding hydrogens is 312 g/mol. The van der Waals surface area contributed by atoms with Crippen LogP contribution in [0, 0.1) is 5.92 Å². The van der Waals surface area contributed by atoms with E-state index in [-0.39, 0.29) is 12.5 Å². The highest BCUT2D eigenvalue weighted by molar-refractivity contribution is 5.83. The maximum Gasteiger partial charge on any atom is 0.328 e. The Bertz CT molecular complexity index is 560. The van der Waals surface area contributed by atoms with Gasteiger partial charge in [-0.05, 0) is 24.5 Å². The van der Waals surface area contributed by atoms with Gasteiger partial charge in [0.05, 0.1) is 21.3 Å². The minimum absolute atomic E-state index is 0.246. The summed E-state index contributed by atoms with van der Waals surface area (Å²) in [6, 6.07) is 4.22. The highest BCUT2D eigenvalue weighted by atomic mass is 16.5. The molecule has 2 amide bonds. The molecule has 1 rings (SSSR count). The summed E-state index contributed by atoms with van der Waals surface area (Å²) in [5.74, 6) is 1.07. The number of hydrogen-bond donors (Lipinski definition) is 2. The molecule has 134 valence electrons. The number of esters is 1. The van der Waals surface area contributed by atoms with Gasteiger partial charge in [-0.1, -0.05) is 13.8 Å². The Kier molecular flexibility index (Phi) is 7.88. The van der Waals surface area contributed by atoms with Crippen LogP contribution in [0.1, 0.15) is 25.8 Å². The number of hydrogen-bond acceptors (Lipinski definition) is 5. The number of amides is 2. The van der Waals surface area contributed by atoms with Gasteiger partial charge in [-0.15, -0.1) is 0 Å². The first-order valence-electron chi connectivity index (χ1n) is 7.74. The van der Waals surface area contributed by atoms with Crippen LogP contribution in [0.25, 0.3) is 0 Å². The zero-order chi connectivity index (χ0) is 18.1. The fourth-order valence-electron chi connectivity index (χ4n) is 2.21. The van der Waals surface area contributed by atoms with E-state index in [2.05, 4.69) is 10.6 Å². The molecule has 0 radical (unpaired) electrons. The molecule has 0 aromatic heterocycles. The monoisotopic (exact) mass is 338 g/mol. The van der Waals surface area contributed by atoms with Crippen molar-refractivity contribution in [3.05, 3.63) is 23.8 Å². The summed E-state index contributed by atoms with van der Waals surface area (Å²) in [5, 5.41) is 5.35. The van der Waals surface area contributed by atoms with E-state index < -0.39 is 18.0 Å². The fraction of sp³-hybridized carbons (Fsp3) is 0.529. The number of ether oxygens (including phenoxy) is 3. The van der Waals surface area contributed by atoms with E-state index in [0.717, 1.165) is 5.56 Å². The van der Waals surface area contributed by atoms with Gasteiger partial charge < -0.3 is 24.8 Å². The van der Waals surface area contributed by atoms with Crippen molar-refractivity contribution < 1.29 is 23.8 Å². The van der Waals surface area contributed by atoms with Crippen molar-refractivity contribution in [1.29, 1.82) is 0 Å². The van der Waals surface area contributed by atoms with Crippen molar-refractivity contribution in [2.75, 3.05) is 21.3 Å². The molecule has 7 heteroatoms. The summed E-state index contributed by atoms with van der Waals surface area (Å²) in [7, 11) is 4.42. The third-order valence-electron chi connectivity index (χ3n) is 3.43. The van der Waals surface area contributed by atoms with Gasteiger partial charge in [0.1, 0.15) is 17.5 Å². The van der Waals surface area contributed by atoms with E-state index in [0.29, 0.717) is 17.9 Å². The molecule has 0 heterocycles. The van der Waals surface area contributed by atoms with E-state index in [9.17, 15) is 9.59 Å². The zero-order valence-electron chi connectivity index (χ0n) is 14.8. The molecule has 0 aliphatic heterocycles. The number of methoxy groups -OCH3 is 3. The Morgan fingerprint density at radius 1 is 1.12 bits per heavy atom. The number of rotatable bonds is 8. The van der Waals surface area contributed by atoms with Crippen LogP contribution in [0.5, 0.6) is 11.5 Å². The van der Waals surface area contributed by atoms with E-state index >= 15 is 0 Å². The second kappa shape index (κ2) is 9.64. The first kappa shape index (κ1) is 19.6. The van der Waals surface area contributed by atoms with Crippen molar-refractivity contribution >= 4 is 12.0 Å². The highest BCUT2D eigenvalue weighted by Gasteiger charge is 2.22. The quantitative estimate of drug-likeness (QED) is 0.709. The smallest absolute Gasteiger partial charge is 0.328 e. The molecule has 0 saturated heterocycles. The van der Waals surface area contributed by atoms with Crippen molar-refractivity contribution in [2.24, 2.45) is 5.92 Å². The van der Waals surface area contributed by atoms with Crippen LogP contribution >= 0.6 is 0 Å². The molecule has 0 aliphatic rings. The van der Waals surface area contributed by atoms with Crippen molar-refractivity contribution in [2.45, 2.75) is 32.9 Å². The lowest BCUT2D eigenvalue weighted by Crippen LogP contribution is -2.46. The van der Waals surface area contributed by atoms with Crippen LogP contribution in [0.3, 0.4) is 0 Å². The molecule has 24 heavy (non-hydrogen) atoms. The second-order valence-electron chi connectivity index (χ2n) is 5.71. The molecule has 1 aromatic rings. The van der Waals surface area contributed by atoms with Gasteiger partial charge in [0.15, 0.2) is 0 Å². The lowest BCUT2D eigenvalue weighted by molar-refractivity contribution is -0.143. The maximum atomic E-state index is 12.1. The second-order valence-corrected chi connectivity index (χ2v) is 5.71. The van der Waals surface area contributed by atoms with E-state index in [4.69, 9.17) is 14.2 Å². The largest absolute Gasteiger partial charge is 0.497 e. The van der Waals surface area contributed by atoms with Gasteiger partial charge in [0.2, 0.25) is 0 Å². The number of benzene rings is 1. The summed E-state index contributed by atoms with van der Waals surface area (Å²) in [6.45, 7) is 4.20. The van der Waals surface area contributed by atoms with Crippen LogP contribution in [0.4, 0.5) is 4.79 Å². The first-order chi connectivity index (χ1) is 11.4. The van der Waals surface area contributed by atoms with Gasteiger partial charge in [-0.3, -0.25) is 0 Å². The van der Waals surface area contributed by atoms with Gasteiger partial charge in [0.25, 0.3) is 0 Å². The van der Waals surface area contributed by atoms with E-state index in [1.54, 1.807) is 26.4 Å². The van der Waals surface area contributed by atoms with Crippen LogP contribution in [0.15, 0.2) is 18.2 Å². The van der Waals surface area contributed by atoms with Gasteiger partial charge in [-0.25, -0.2) is 9.59 Å². The summed E-state index contributed by atoms with van der Waals surface area (Å²) in [6.07, 6.45) is 0.506. The molecule has 0 aliphatic carbocycles. The zero-order valence-corrected chi connectivity index (χ0v) is 14.8. The van der Waals surface area contributed by atoms with Crippen molar-refractivity contribution in [3.63, 3.8) is 0 Å². The Hall–Kier alpha value is -2.44. The Morgan fingerprint density at radius 3 is 2.38 bits per heavy atom. The average molecular weight is 338 g/mol. The van der Waals surface area contributed by atoms with Crippen molar-refractivity contribution in [1.82, 2.24) is 10.6 Å². The summed E-state index contributed by atoms with van der Waals surface area (Å²) in [5.41, 5.74) is 0.798. The van der Waals surface area contributed by atoms with Crippen LogP contribution in [-0.2, 0) is 16.1 Å². The SMILES string of the molecule is COC(=O)C(CC(C)C)NC(=O)NCc1ccc(OC)cc1OC. The third kappa shape index (κ3) is 5.98. The van der Waals surface area contributed by atoms with Crippen LogP contribution in [0.2, 0.25) is 0 Å². The van der Waals surface area contributed by atoms with Gasteiger partial charge in [-0.2, -0.15) is 0 Å². The third-order valence-corrected chi connectivity index (χ3v) is 3.43. The molecular formula is C17H26N2O5. The predicted molar refractivity (Wildman–Crippen MR) is 90.2 cm³/mol. The molecule has 0 fully saturated rings. The molecule has 2 N–H and O–H groups in total. The van der Waals surface area contributed by atoms with Gasteiger partial charge >= 0.3 is 12.0 Å². The summed E-state index contributed by atoms with van der Waals surface area (Å²) < 4.78 is 15.1. The highest BCUT2D eigenvalue weighted by Crippen LogP contribution is 2.24. The lowest BCUT2D eigenvalue weighted by Gasteiger charge is -2.19. The molecule has 0 spiro atoms. The normalized spacial score (nSPS) is 11.6. The molecule has 1 unspecified atom stereocenters. The number of carbonyl (C=O) groups is 2. The Balaban J connectivity index is 2.66. The first-order valence-corrected chi connectivity index (χ1v) is 7.74. The maximum absolute atomic E-state index is 12.1. The van der Waals surface area contributed by atoms with Crippen molar-refractivity contribution in [3.8, 4) is 11.5 Å². The topological polar surface area (TPSA) is 85.9 Å².